The van der Waals surface area contributed by atoms with E-state index in [9.17, 15) is 13.2 Å². The van der Waals surface area contributed by atoms with Crippen LogP contribution in [0.15, 0.2) is 66.7 Å². The lowest BCUT2D eigenvalue weighted by Gasteiger charge is -2.26. The molecule has 3 aromatic rings. The summed E-state index contributed by atoms with van der Waals surface area (Å²) in [5.41, 5.74) is 5.07. The molecule has 0 fully saturated rings. The van der Waals surface area contributed by atoms with E-state index in [1.807, 2.05) is 44.2 Å². The van der Waals surface area contributed by atoms with E-state index in [0.717, 1.165) is 35.3 Å². The standard InChI is InChI=1S/C28H34N2O4S/c1-5-7-23-12-16-26(17-13-23)34-19-18-29-28(31)25-14-10-24(11-15-25)20-30(35(4,32)33)27-21(2)8-6-9-22(27)3/h6,8-17H,5,7,18-20H2,1-4H3,(H,29,31). The van der Waals surface area contributed by atoms with Crippen LogP contribution in [0.1, 0.15) is 46.0 Å². The minimum absolute atomic E-state index is 0.192. The minimum atomic E-state index is -3.49. The fraction of sp³-hybridized carbons (Fsp3) is 0.321. The van der Waals surface area contributed by atoms with Crippen molar-refractivity contribution in [3.05, 3.63) is 94.5 Å². The molecule has 0 radical (unpaired) electrons. The maximum atomic E-state index is 12.6. The molecule has 0 spiro atoms. The number of carbonyl (C=O) groups is 1. The van der Waals surface area contributed by atoms with Crippen LogP contribution >= 0.6 is 0 Å². The summed E-state index contributed by atoms with van der Waals surface area (Å²) >= 11 is 0. The van der Waals surface area contributed by atoms with E-state index in [0.29, 0.717) is 24.4 Å². The number of nitrogens with zero attached hydrogens (tertiary/aromatic N) is 1. The summed E-state index contributed by atoms with van der Waals surface area (Å²) in [6.45, 7) is 6.90. The highest BCUT2D eigenvalue weighted by Crippen LogP contribution is 2.28. The van der Waals surface area contributed by atoms with Crippen molar-refractivity contribution in [3.63, 3.8) is 0 Å². The average molecular weight is 495 g/mol. The van der Waals surface area contributed by atoms with Gasteiger partial charge < -0.3 is 10.1 Å². The lowest BCUT2D eigenvalue weighted by atomic mass is 10.1. The van der Waals surface area contributed by atoms with E-state index in [-0.39, 0.29) is 12.5 Å². The maximum absolute atomic E-state index is 12.6. The highest BCUT2D eigenvalue weighted by Gasteiger charge is 2.21. The second-order valence-electron chi connectivity index (χ2n) is 8.71. The van der Waals surface area contributed by atoms with Crippen molar-refractivity contribution >= 4 is 21.6 Å². The van der Waals surface area contributed by atoms with Crippen molar-refractivity contribution in [2.75, 3.05) is 23.7 Å². The second-order valence-corrected chi connectivity index (χ2v) is 10.6. The first kappa shape index (κ1) is 26.3. The number of ether oxygens (including phenoxy) is 1. The Balaban J connectivity index is 1.57. The van der Waals surface area contributed by atoms with Crippen LogP contribution in [0.2, 0.25) is 0 Å². The first-order chi connectivity index (χ1) is 16.7. The largest absolute Gasteiger partial charge is 0.492 e. The van der Waals surface area contributed by atoms with Gasteiger partial charge in [-0.1, -0.05) is 55.8 Å². The molecule has 186 valence electrons. The Morgan fingerprint density at radius 1 is 0.914 bits per heavy atom. The summed E-state index contributed by atoms with van der Waals surface area (Å²) in [6, 6.07) is 20.7. The fourth-order valence-electron chi connectivity index (χ4n) is 3.97. The molecule has 3 rings (SSSR count). The Labute approximate surface area is 209 Å². The molecule has 0 aromatic heterocycles. The van der Waals surface area contributed by atoms with Crippen LogP contribution in [0, 0.1) is 13.8 Å². The third kappa shape index (κ3) is 7.33. The van der Waals surface area contributed by atoms with Gasteiger partial charge in [0.2, 0.25) is 10.0 Å². The molecular weight excluding hydrogens is 460 g/mol. The Morgan fingerprint density at radius 2 is 1.51 bits per heavy atom. The number of hydrogen-bond donors (Lipinski definition) is 1. The van der Waals surface area contributed by atoms with Gasteiger partial charge >= 0.3 is 0 Å². The predicted molar refractivity (Wildman–Crippen MR) is 142 cm³/mol. The third-order valence-electron chi connectivity index (χ3n) is 5.75. The van der Waals surface area contributed by atoms with Gasteiger partial charge in [0.1, 0.15) is 12.4 Å². The van der Waals surface area contributed by atoms with Gasteiger partial charge in [0, 0.05) is 5.56 Å². The second kappa shape index (κ2) is 11.9. The topological polar surface area (TPSA) is 75.7 Å². The van der Waals surface area contributed by atoms with Crippen LogP contribution in [-0.2, 0) is 23.0 Å². The quantitative estimate of drug-likeness (QED) is 0.379. The molecule has 0 aliphatic rings. The molecule has 0 saturated carbocycles. The SMILES string of the molecule is CCCc1ccc(OCCNC(=O)c2ccc(CN(c3c(C)cccc3C)S(C)(=O)=O)cc2)cc1. The smallest absolute Gasteiger partial charge is 0.251 e. The number of para-hydroxylation sites is 1. The van der Waals surface area contributed by atoms with E-state index in [4.69, 9.17) is 4.74 Å². The van der Waals surface area contributed by atoms with Crippen LogP contribution in [0.25, 0.3) is 0 Å². The number of amides is 1. The molecule has 0 saturated heterocycles. The Bertz CT molecular complexity index is 1220. The number of benzene rings is 3. The lowest BCUT2D eigenvalue weighted by molar-refractivity contribution is 0.0947. The van der Waals surface area contributed by atoms with Gasteiger partial charge in [-0.3, -0.25) is 9.10 Å². The van der Waals surface area contributed by atoms with Crippen molar-refractivity contribution < 1.29 is 17.9 Å². The molecule has 7 heteroatoms. The normalized spacial score (nSPS) is 11.2. The summed E-state index contributed by atoms with van der Waals surface area (Å²) in [6.07, 6.45) is 3.37. The zero-order chi connectivity index (χ0) is 25.4. The summed E-state index contributed by atoms with van der Waals surface area (Å²) in [7, 11) is -3.49. The number of anilines is 1. The van der Waals surface area contributed by atoms with Crippen LogP contribution in [0.5, 0.6) is 5.75 Å². The summed E-state index contributed by atoms with van der Waals surface area (Å²) in [5, 5.41) is 2.86. The molecule has 0 aliphatic heterocycles. The van der Waals surface area contributed by atoms with Gasteiger partial charge in [-0.05, 0) is 66.8 Å². The van der Waals surface area contributed by atoms with E-state index in [2.05, 4.69) is 24.4 Å². The molecule has 0 aliphatic carbocycles. The number of rotatable bonds is 11. The number of sulfonamides is 1. The maximum Gasteiger partial charge on any atom is 0.251 e. The minimum Gasteiger partial charge on any atom is -0.492 e. The van der Waals surface area contributed by atoms with Crippen molar-refractivity contribution in [1.29, 1.82) is 0 Å². The van der Waals surface area contributed by atoms with E-state index < -0.39 is 10.0 Å². The average Bonchev–Trinajstić information content (AvgIpc) is 2.82. The van der Waals surface area contributed by atoms with E-state index in [1.165, 1.54) is 16.1 Å². The van der Waals surface area contributed by atoms with E-state index in [1.54, 1.807) is 24.3 Å². The molecular formula is C28H34N2O4S. The Kier molecular flexibility index (Phi) is 8.93. The zero-order valence-electron chi connectivity index (χ0n) is 20.9. The molecule has 3 aromatic carbocycles. The first-order valence-electron chi connectivity index (χ1n) is 11.8. The molecule has 0 bridgehead atoms. The van der Waals surface area contributed by atoms with Gasteiger partial charge in [-0.25, -0.2) is 8.42 Å². The highest BCUT2D eigenvalue weighted by atomic mass is 32.2. The Hall–Kier alpha value is -3.32. The van der Waals surface area contributed by atoms with Gasteiger partial charge in [-0.2, -0.15) is 0 Å². The van der Waals surface area contributed by atoms with Gasteiger partial charge in [-0.15, -0.1) is 0 Å². The predicted octanol–water partition coefficient (Wildman–Crippen LogP) is 5.03. The number of aryl methyl sites for hydroxylation is 3. The van der Waals surface area contributed by atoms with Crippen LogP contribution in [0.4, 0.5) is 5.69 Å². The molecule has 1 amide bonds. The molecule has 0 unspecified atom stereocenters. The summed E-state index contributed by atoms with van der Waals surface area (Å²) < 4.78 is 32.2. The van der Waals surface area contributed by atoms with Crippen LogP contribution < -0.4 is 14.4 Å². The first-order valence-corrected chi connectivity index (χ1v) is 13.7. The molecule has 0 heterocycles. The van der Waals surface area contributed by atoms with Gasteiger partial charge in [0.15, 0.2) is 0 Å². The zero-order valence-corrected chi connectivity index (χ0v) is 21.7. The molecule has 35 heavy (non-hydrogen) atoms. The summed E-state index contributed by atoms with van der Waals surface area (Å²) in [5.74, 6) is 0.580. The van der Waals surface area contributed by atoms with Crippen molar-refractivity contribution in [3.8, 4) is 5.75 Å². The molecule has 6 nitrogen and oxygen atoms in total. The van der Waals surface area contributed by atoms with Gasteiger partial charge in [0.25, 0.3) is 5.91 Å². The summed E-state index contributed by atoms with van der Waals surface area (Å²) in [4.78, 5) is 12.5. The number of nitrogens with one attached hydrogen (secondary N) is 1. The van der Waals surface area contributed by atoms with Crippen LogP contribution in [0.3, 0.4) is 0 Å². The van der Waals surface area contributed by atoms with Crippen molar-refractivity contribution in [2.45, 2.75) is 40.2 Å². The lowest BCUT2D eigenvalue weighted by Crippen LogP contribution is -2.31. The van der Waals surface area contributed by atoms with Crippen LogP contribution in [-0.4, -0.2) is 33.7 Å². The molecule has 1 N–H and O–H groups in total. The molecule has 0 atom stereocenters. The van der Waals surface area contributed by atoms with E-state index >= 15 is 0 Å². The van der Waals surface area contributed by atoms with Crippen molar-refractivity contribution in [2.24, 2.45) is 0 Å². The van der Waals surface area contributed by atoms with Gasteiger partial charge in [0.05, 0.1) is 25.0 Å². The number of hydrogen-bond acceptors (Lipinski definition) is 4. The Morgan fingerprint density at radius 3 is 2.09 bits per heavy atom. The number of carbonyl (C=O) groups excluding carboxylic acids is 1. The monoisotopic (exact) mass is 494 g/mol. The van der Waals surface area contributed by atoms with Crippen molar-refractivity contribution in [1.82, 2.24) is 5.32 Å². The highest BCUT2D eigenvalue weighted by molar-refractivity contribution is 7.92. The fourth-order valence-corrected chi connectivity index (χ4v) is 4.97. The third-order valence-corrected chi connectivity index (χ3v) is 6.86.